The highest BCUT2D eigenvalue weighted by atomic mass is 16.4. The molecule has 0 aromatic carbocycles. The first-order valence-corrected chi connectivity index (χ1v) is 5.76. The average Bonchev–Trinajstić information content (AvgIpc) is 2.28. The minimum absolute atomic E-state index is 0.0431. The van der Waals surface area contributed by atoms with Gasteiger partial charge in [-0.25, -0.2) is 0 Å². The van der Waals surface area contributed by atoms with E-state index in [1.165, 1.54) is 0 Å². The molecule has 1 aromatic heterocycles. The Kier molecular flexibility index (Phi) is 3.88. The number of carboxylic acid groups (broad SMARTS) is 1. The molecule has 2 N–H and O–H groups in total. The van der Waals surface area contributed by atoms with Crippen LogP contribution in [0.3, 0.4) is 0 Å². The molecule has 1 aliphatic heterocycles. The molecule has 6 heteroatoms. The molecule has 1 saturated heterocycles. The van der Waals surface area contributed by atoms with Crippen LogP contribution in [0.2, 0.25) is 0 Å². The van der Waals surface area contributed by atoms with E-state index in [1.54, 1.807) is 12.4 Å². The van der Waals surface area contributed by atoms with E-state index in [9.17, 15) is 9.59 Å². The summed E-state index contributed by atoms with van der Waals surface area (Å²) in [6.07, 6.45) is 3.36. The number of carboxylic acids is 1. The number of aliphatic carboxylic acids is 1. The molecular weight excluding hydrogens is 234 g/mol. The molecule has 2 rings (SSSR count). The van der Waals surface area contributed by atoms with Gasteiger partial charge in [-0.3, -0.25) is 19.5 Å². The number of carbonyl (C=O) groups is 2. The average molecular weight is 249 g/mol. The zero-order valence-corrected chi connectivity index (χ0v) is 9.87. The third-order valence-corrected chi connectivity index (χ3v) is 2.79. The molecule has 1 aromatic rings. The molecule has 0 aliphatic carbocycles. The largest absolute Gasteiger partial charge is 0.481 e. The van der Waals surface area contributed by atoms with E-state index in [4.69, 9.17) is 5.11 Å². The molecule has 6 nitrogen and oxygen atoms in total. The number of nitrogens with zero attached hydrogens (tertiary/aromatic N) is 2. The summed E-state index contributed by atoms with van der Waals surface area (Å²) >= 11 is 0. The molecule has 2 heterocycles. The summed E-state index contributed by atoms with van der Waals surface area (Å²) in [5.74, 6) is -1.02. The van der Waals surface area contributed by atoms with Gasteiger partial charge < -0.3 is 10.4 Å². The van der Waals surface area contributed by atoms with Crippen LogP contribution in [0.25, 0.3) is 0 Å². The van der Waals surface area contributed by atoms with Crippen molar-refractivity contribution >= 4 is 11.9 Å². The third-order valence-electron chi connectivity index (χ3n) is 2.79. The highest BCUT2D eigenvalue weighted by Crippen LogP contribution is 2.09. The number of hydrogen-bond acceptors (Lipinski definition) is 4. The second-order valence-electron chi connectivity index (χ2n) is 4.39. The molecule has 1 fully saturated rings. The lowest BCUT2D eigenvalue weighted by Gasteiger charge is -2.32. The van der Waals surface area contributed by atoms with Gasteiger partial charge in [0.2, 0.25) is 5.91 Å². The maximum absolute atomic E-state index is 11.5. The Morgan fingerprint density at radius 1 is 1.50 bits per heavy atom. The van der Waals surface area contributed by atoms with Crippen molar-refractivity contribution in [1.82, 2.24) is 15.2 Å². The van der Waals surface area contributed by atoms with E-state index in [1.807, 2.05) is 17.0 Å². The minimum atomic E-state index is -0.897. The van der Waals surface area contributed by atoms with Crippen molar-refractivity contribution in [3.05, 3.63) is 30.1 Å². The van der Waals surface area contributed by atoms with Crippen molar-refractivity contribution < 1.29 is 14.7 Å². The highest BCUT2D eigenvalue weighted by molar-refractivity contribution is 5.80. The van der Waals surface area contributed by atoms with E-state index in [0.717, 1.165) is 5.56 Å². The molecular formula is C12H15N3O3. The van der Waals surface area contributed by atoms with Crippen LogP contribution < -0.4 is 5.32 Å². The Morgan fingerprint density at radius 3 is 2.89 bits per heavy atom. The summed E-state index contributed by atoms with van der Waals surface area (Å²) in [4.78, 5) is 28.0. The maximum Gasteiger partial charge on any atom is 0.305 e. The van der Waals surface area contributed by atoms with Crippen LogP contribution in [0.15, 0.2) is 24.5 Å². The van der Waals surface area contributed by atoms with Gasteiger partial charge in [-0.15, -0.1) is 0 Å². The zero-order valence-electron chi connectivity index (χ0n) is 9.87. The van der Waals surface area contributed by atoms with E-state index in [2.05, 4.69) is 10.3 Å². The van der Waals surface area contributed by atoms with Crippen molar-refractivity contribution in [3.63, 3.8) is 0 Å². The Morgan fingerprint density at radius 2 is 2.22 bits per heavy atom. The molecule has 18 heavy (non-hydrogen) atoms. The van der Waals surface area contributed by atoms with Crippen LogP contribution in [0.5, 0.6) is 0 Å². The second-order valence-corrected chi connectivity index (χ2v) is 4.39. The lowest BCUT2D eigenvalue weighted by Crippen LogP contribution is -2.54. The molecule has 0 radical (unpaired) electrons. The van der Waals surface area contributed by atoms with Crippen LogP contribution in [0.1, 0.15) is 12.0 Å². The standard InChI is InChI=1S/C12H15N3O3/c16-11-8-15(6-9-1-3-13-4-2-9)7-10(14-11)5-12(17)18/h1-4,10H,5-8H2,(H,14,16)(H,17,18). The predicted octanol–water partition coefficient (Wildman–Crippen LogP) is -0.143. The van der Waals surface area contributed by atoms with Crippen LogP contribution in [0.4, 0.5) is 0 Å². The molecule has 1 aliphatic rings. The van der Waals surface area contributed by atoms with Gasteiger partial charge in [-0.1, -0.05) is 0 Å². The monoisotopic (exact) mass is 249 g/mol. The summed E-state index contributed by atoms with van der Waals surface area (Å²) in [6.45, 7) is 1.49. The number of nitrogens with one attached hydrogen (secondary N) is 1. The van der Waals surface area contributed by atoms with E-state index >= 15 is 0 Å². The lowest BCUT2D eigenvalue weighted by molar-refractivity contribution is -0.138. The summed E-state index contributed by atoms with van der Waals surface area (Å²) in [5, 5.41) is 11.4. The van der Waals surface area contributed by atoms with E-state index in [0.29, 0.717) is 19.6 Å². The summed E-state index contributed by atoms with van der Waals surface area (Å²) in [7, 11) is 0. The van der Waals surface area contributed by atoms with Crippen molar-refractivity contribution in [2.75, 3.05) is 13.1 Å². The van der Waals surface area contributed by atoms with Crippen LogP contribution >= 0.6 is 0 Å². The number of rotatable bonds is 4. The molecule has 1 unspecified atom stereocenters. The van der Waals surface area contributed by atoms with E-state index < -0.39 is 5.97 Å². The fourth-order valence-corrected chi connectivity index (χ4v) is 2.09. The molecule has 1 amide bonds. The lowest BCUT2D eigenvalue weighted by atomic mass is 10.1. The first kappa shape index (κ1) is 12.5. The Labute approximate surface area is 105 Å². The predicted molar refractivity (Wildman–Crippen MR) is 63.7 cm³/mol. The van der Waals surface area contributed by atoms with Crippen molar-refractivity contribution in [2.24, 2.45) is 0 Å². The van der Waals surface area contributed by atoms with Gasteiger partial charge in [0.05, 0.1) is 19.0 Å². The number of pyridine rings is 1. The number of piperazine rings is 1. The molecule has 0 saturated carbocycles. The van der Waals surface area contributed by atoms with Gasteiger partial charge >= 0.3 is 5.97 Å². The quantitative estimate of drug-likeness (QED) is 0.776. The minimum Gasteiger partial charge on any atom is -0.481 e. The maximum atomic E-state index is 11.5. The highest BCUT2D eigenvalue weighted by Gasteiger charge is 2.25. The number of aromatic nitrogens is 1. The summed E-state index contributed by atoms with van der Waals surface area (Å²) < 4.78 is 0. The SMILES string of the molecule is O=C(O)CC1CN(Cc2ccncc2)CC(=O)N1. The van der Waals surface area contributed by atoms with Crippen molar-refractivity contribution in [2.45, 2.75) is 19.0 Å². The second kappa shape index (κ2) is 5.59. The normalized spacial score (nSPS) is 20.4. The molecule has 1 atom stereocenters. The van der Waals surface area contributed by atoms with Gasteiger partial charge in [-0.2, -0.15) is 0 Å². The van der Waals surface area contributed by atoms with E-state index in [-0.39, 0.29) is 18.4 Å². The first-order chi connectivity index (χ1) is 8.63. The van der Waals surface area contributed by atoms with Crippen molar-refractivity contribution in [1.29, 1.82) is 0 Å². The summed E-state index contributed by atoms with van der Waals surface area (Å²) in [5.41, 5.74) is 1.06. The van der Waals surface area contributed by atoms with Gasteiger partial charge in [0, 0.05) is 25.5 Å². The fourth-order valence-electron chi connectivity index (χ4n) is 2.09. The third kappa shape index (κ3) is 3.53. The number of amides is 1. The first-order valence-electron chi connectivity index (χ1n) is 5.76. The van der Waals surface area contributed by atoms with Crippen LogP contribution in [-0.4, -0.2) is 46.0 Å². The van der Waals surface area contributed by atoms with Crippen molar-refractivity contribution in [3.8, 4) is 0 Å². The molecule has 0 spiro atoms. The van der Waals surface area contributed by atoms with Gasteiger partial charge in [0.15, 0.2) is 0 Å². The van der Waals surface area contributed by atoms with Gasteiger partial charge in [0.25, 0.3) is 0 Å². The molecule has 0 bridgehead atoms. The fraction of sp³-hybridized carbons (Fsp3) is 0.417. The number of carbonyl (C=O) groups excluding carboxylic acids is 1. The topological polar surface area (TPSA) is 82.5 Å². The Balaban J connectivity index is 1.96. The zero-order chi connectivity index (χ0) is 13.0. The number of hydrogen-bond donors (Lipinski definition) is 2. The Bertz CT molecular complexity index is 433. The van der Waals surface area contributed by atoms with Crippen LogP contribution in [0, 0.1) is 0 Å². The smallest absolute Gasteiger partial charge is 0.305 e. The van der Waals surface area contributed by atoms with Gasteiger partial charge in [0.1, 0.15) is 0 Å². The summed E-state index contributed by atoms with van der Waals surface area (Å²) in [6, 6.07) is 3.46. The van der Waals surface area contributed by atoms with Crippen LogP contribution in [-0.2, 0) is 16.1 Å². The molecule has 96 valence electrons. The Hall–Kier alpha value is -1.95. The van der Waals surface area contributed by atoms with Gasteiger partial charge in [-0.05, 0) is 17.7 Å².